The van der Waals surface area contributed by atoms with Crippen LogP contribution in [0.25, 0.3) is 88.0 Å². The van der Waals surface area contributed by atoms with Crippen molar-refractivity contribution in [2.45, 2.75) is 138 Å². The highest BCUT2D eigenvalue weighted by Crippen LogP contribution is 2.40. The zero-order valence-corrected chi connectivity index (χ0v) is 68.6. The van der Waals surface area contributed by atoms with E-state index in [0.717, 1.165) is 128 Å². The molecule has 22 nitrogen and oxygen atoms in total. The third-order valence-electron chi connectivity index (χ3n) is 18.5. The van der Waals surface area contributed by atoms with Gasteiger partial charge in [0.25, 0.3) is 0 Å². The van der Waals surface area contributed by atoms with Crippen molar-refractivity contribution >= 4 is 174 Å². The standard InChI is InChI=1S/C26H23BrN6S.C20H17ClN6S.C20H16ClN5S.C20H17N5S/c1-3-4-5-11-33-16-29-24(28)22-25(33)31-26(30-22)34-21-14-20(27)13-19-10-12-32(23(19)21)15-18-8-6-17(2)7-9-18;1-3-4-5-8-27-11-24-18(22)17-19(27)26-20(25-17)28-15-10-13(21)9-14-12(2)6-7-23-16(14)15;1-2-3-6-11-26-12-23-18(22)17-19(26)25-20(24-17)27-16-10-9-15(21)13-7-4-5-8-14(13)16;1-2-3-6-12-25-13-22-18(21)17-19(25)24-20(23-17)26-16-11-7-9-14-8-4-5-10-15(14)16/h1,6-10,12-14,16,28H,4-5,11,15H2,2H3,(H,30,31);1,6-7,9-11,22H,4-5,8H2,2H3,(H,25,26);1,4-5,7-10,12,22H,3,6,11H2,(H,24,25);1,4-5,7-11,13,21H,3,6,12H2,(H,23,24). The van der Waals surface area contributed by atoms with E-state index in [2.05, 4.69) is 169 Å². The fraction of sp³-hybridized carbons (Fsp3) is 0.174. The van der Waals surface area contributed by atoms with Gasteiger partial charge in [-0.25, -0.2) is 39.9 Å². The Bertz CT molecular complexity index is 6930. The van der Waals surface area contributed by atoms with Crippen LogP contribution in [0.5, 0.6) is 0 Å². The van der Waals surface area contributed by atoms with Crippen LogP contribution in [0.4, 0.5) is 0 Å². The minimum atomic E-state index is 0.160. The molecule has 0 aliphatic heterocycles. The number of nitrogens with zero attached hydrogens (tertiary/aromatic N) is 14. The molecule has 10 heterocycles. The maximum atomic E-state index is 8.23. The second-order valence-corrected chi connectivity index (χ2v) is 32.4. The quantitative estimate of drug-likeness (QED) is 0.0232. The number of terminal acetylenes is 4. The van der Waals surface area contributed by atoms with Crippen molar-refractivity contribution in [1.82, 2.24) is 87.6 Å². The summed E-state index contributed by atoms with van der Waals surface area (Å²) in [5.74, 6) is 10.6. The first-order chi connectivity index (χ1) is 56.0. The lowest BCUT2D eigenvalue weighted by molar-refractivity contribution is 0.653. The van der Waals surface area contributed by atoms with E-state index in [1.54, 1.807) is 55.0 Å². The topological polar surface area (TPSA) is 299 Å². The van der Waals surface area contributed by atoms with E-state index in [1.807, 2.05) is 98.0 Å². The number of nitrogens with one attached hydrogen (secondary N) is 8. The maximum absolute atomic E-state index is 8.23. The normalized spacial score (nSPS) is 11.2. The Labute approximate surface area is 695 Å². The summed E-state index contributed by atoms with van der Waals surface area (Å²) < 4.78 is 11.1. The molecule has 0 fully saturated rings. The van der Waals surface area contributed by atoms with E-state index >= 15 is 0 Å². The zero-order valence-electron chi connectivity index (χ0n) is 62.3. The smallest absolute Gasteiger partial charge is 0.173 e. The molecule has 0 amide bonds. The summed E-state index contributed by atoms with van der Waals surface area (Å²) in [6.07, 6.45) is 38.1. The van der Waals surface area contributed by atoms with Crippen LogP contribution in [0.2, 0.25) is 10.0 Å². The van der Waals surface area contributed by atoms with Crippen molar-refractivity contribution in [3.63, 3.8) is 0 Å². The molecule has 29 heteroatoms. The summed E-state index contributed by atoms with van der Waals surface area (Å²) in [6.45, 7) is 7.78. The highest BCUT2D eigenvalue weighted by Gasteiger charge is 2.20. The van der Waals surface area contributed by atoms with Gasteiger partial charge in [0.2, 0.25) is 0 Å². The lowest BCUT2D eigenvalue weighted by Gasteiger charge is -2.10. The van der Waals surface area contributed by atoms with Gasteiger partial charge in [0.05, 0.1) is 36.3 Å². The van der Waals surface area contributed by atoms with Gasteiger partial charge in [-0.3, -0.25) is 26.6 Å². The van der Waals surface area contributed by atoms with Crippen molar-refractivity contribution in [1.29, 1.82) is 21.6 Å². The van der Waals surface area contributed by atoms with Crippen LogP contribution in [-0.2, 0) is 32.7 Å². The van der Waals surface area contributed by atoms with Crippen molar-refractivity contribution in [2.75, 3.05) is 0 Å². The van der Waals surface area contributed by atoms with E-state index < -0.39 is 0 Å². The van der Waals surface area contributed by atoms with Crippen LogP contribution in [0, 0.1) is 84.9 Å². The number of fused-ring (bicyclic) bond motifs is 8. The predicted molar refractivity (Wildman–Crippen MR) is 464 cm³/mol. The molecule has 0 unspecified atom stereocenters. The first-order valence-electron chi connectivity index (χ1n) is 36.5. The highest BCUT2D eigenvalue weighted by molar-refractivity contribution is 9.10. The van der Waals surface area contributed by atoms with Gasteiger partial charge in [0.15, 0.2) is 65.2 Å². The van der Waals surface area contributed by atoms with Gasteiger partial charge < -0.3 is 42.8 Å². The third-order valence-corrected chi connectivity index (χ3v) is 23.3. The first-order valence-corrected chi connectivity index (χ1v) is 41.3. The van der Waals surface area contributed by atoms with Crippen molar-refractivity contribution < 1.29 is 0 Å². The van der Waals surface area contributed by atoms with Crippen molar-refractivity contribution in [2.24, 2.45) is 0 Å². The summed E-state index contributed by atoms with van der Waals surface area (Å²) in [4.78, 5) is 57.3. The Morgan fingerprint density at radius 3 is 1.37 bits per heavy atom. The highest BCUT2D eigenvalue weighted by atomic mass is 79.9. The number of aromatic amines is 4. The van der Waals surface area contributed by atoms with Gasteiger partial charge in [0.1, 0.15) is 22.1 Å². The average Bonchev–Trinajstić information content (AvgIpc) is 1.69. The van der Waals surface area contributed by atoms with Crippen LogP contribution in [0.3, 0.4) is 0 Å². The summed E-state index contributed by atoms with van der Waals surface area (Å²) >= 11 is 22.4. The monoisotopic (exact) mass is 1690 g/mol. The van der Waals surface area contributed by atoms with Crippen LogP contribution in [0.15, 0.2) is 222 Å². The Morgan fingerprint density at radius 2 is 0.870 bits per heavy atom. The average molecular weight is 1690 g/mol. The fourth-order valence-electron chi connectivity index (χ4n) is 12.9. The Balaban J connectivity index is 0.000000127. The van der Waals surface area contributed by atoms with E-state index in [1.165, 1.54) is 45.4 Å². The number of benzene rings is 7. The number of hydrogen-bond donors (Lipinski definition) is 8. The second kappa shape index (κ2) is 36.9. The molecule has 0 saturated heterocycles. The molecule has 8 N–H and O–H groups in total. The number of halogens is 3. The molecule has 0 bridgehead atoms. The van der Waals surface area contributed by atoms with Crippen LogP contribution < -0.4 is 22.0 Å². The molecule has 17 aromatic rings. The summed E-state index contributed by atoms with van der Waals surface area (Å²) in [7, 11) is 0. The predicted octanol–water partition coefficient (Wildman–Crippen LogP) is 18.8. The number of aryl methyl sites for hydroxylation is 6. The Hall–Kier alpha value is -11.9. The maximum Gasteiger partial charge on any atom is 0.173 e. The van der Waals surface area contributed by atoms with Gasteiger partial charge >= 0.3 is 0 Å². The van der Waals surface area contributed by atoms with Crippen LogP contribution in [-0.4, -0.2) is 87.6 Å². The molecule has 0 aliphatic rings. The van der Waals surface area contributed by atoms with Gasteiger partial charge in [-0.1, -0.05) is 153 Å². The molecule has 0 saturated carbocycles. The van der Waals surface area contributed by atoms with E-state index in [-0.39, 0.29) is 22.0 Å². The Kier molecular flexibility index (Phi) is 25.6. The number of hydrogen-bond acceptors (Lipinski definition) is 17. The zero-order chi connectivity index (χ0) is 80.1. The number of rotatable bonds is 22. The number of imidazole rings is 4. The number of H-pyrrole nitrogens is 4. The molecule has 7 aromatic carbocycles. The molecule has 572 valence electrons. The molecular weight excluding hydrogens is 1620 g/mol. The van der Waals surface area contributed by atoms with Crippen LogP contribution >= 0.6 is 86.2 Å². The fourth-order valence-corrected chi connectivity index (χ4v) is 17.8. The molecule has 0 aliphatic carbocycles. The minimum Gasteiger partial charge on any atom is -0.342 e. The van der Waals surface area contributed by atoms with Gasteiger partial charge in [-0.15, -0.1) is 49.4 Å². The summed E-state index contributed by atoms with van der Waals surface area (Å²) in [5.41, 5.74) is 11.7. The number of pyridine rings is 1. The molecule has 0 radical (unpaired) electrons. The van der Waals surface area contributed by atoms with E-state index in [4.69, 9.17) is 90.5 Å². The Morgan fingerprint density at radius 1 is 0.426 bits per heavy atom. The third kappa shape index (κ3) is 18.7. The number of aromatic nitrogens is 18. The molecule has 10 aromatic heterocycles. The van der Waals surface area contributed by atoms with Gasteiger partial charge in [0, 0.05) is 121 Å². The lowest BCUT2D eigenvalue weighted by atomic mass is 10.1. The van der Waals surface area contributed by atoms with E-state index in [9.17, 15) is 0 Å². The molecule has 115 heavy (non-hydrogen) atoms. The largest absolute Gasteiger partial charge is 0.342 e. The molecule has 17 rings (SSSR count). The SMILES string of the molecule is C#CCCCn1cnc(=N)c2[nH]c(Sc3cc(Br)cc4ccn(Cc5ccc(C)cc5)c34)nc21.C#CCCCn1cnc(=N)c2[nH]c(Sc3cc(Cl)cc4c(C)ccnc34)nc21.C#CCCCn1cnc(=N)c2[nH]c(Sc3ccc(Cl)c4ccccc34)nc21.C#CCCCn1cnc(=N)c2[nH]c(Sc3cccc4ccccc34)nc21. The van der Waals surface area contributed by atoms with E-state index in [0.29, 0.717) is 94.0 Å². The lowest BCUT2D eigenvalue weighted by Crippen LogP contribution is -2.12. The van der Waals surface area contributed by atoms with Crippen LogP contribution in [0.1, 0.15) is 68.1 Å². The molecular formula is C86H73BrCl2N22S4. The second-order valence-electron chi connectivity index (χ2n) is 26.5. The number of unbranched alkanes of at least 4 members (excludes halogenated alkanes) is 4. The summed E-state index contributed by atoms with van der Waals surface area (Å²) in [5, 5.41) is 43.3. The van der Waals surface area contributed by atoms with Crippen molar-refractivity contribution in [3.8, 4) is 49.4 Å². The van der Waals surface area contributed by atoms with Gasteiger partial charge in [-0.05, 0) is 145 Å². The first kappa shape index (κ1) is 79.7. The molecule has 0 atom stereocenters. The summed E-state index contributed by atoms with van der Waals surface area (Å²) in [6, 6.07) is 47.2. The minimum absolute atomic E-state index is 0.160. The molecule has 0 spiro atoms. The van der Waals surface area contributed by atoms with Crippen molar-refractivity contribution in [3.05, 3.63) is 230 Å². The van der Waals surface area contributed by atoms with Gasteiger partial charge in [-0.2, -0.15) is 0 Å².